The molecule has 0 saturated heterocycles. The third-order valence-corrected chi connectivity index (χ3v) is 6.07. The molecule has 2 unspecified atom stereocenters. The first-order chi connectivity index (χ1) is 14.4. The van der Waals surface area contributed by atoms with Gasteiger partial charge in [-0.25, -0.2) is 0 Å². The van der Waals surface area contributed by atoms with Crippen molar-refractivity contribution in [1.29, 1.82) is 0 Å². The summed E-state index contributed by atoms with van der Waals surface area (Å²) >= 11 is 7.39. The predicted molar refractivity (Wildman–Crippen MR) is 119 cm³/mol. The van der Waals surface area contributed by atoms with Gasteiger partial charge in [0.2, 0.25) is 11.8 Å². The third-order valence-electron chi connectivity index (χ3n) is 4.73. The van der Waals surface area contributed by atoms with Crippen molar-refractivity contribution in [3.63, 3.8) is 0 Å². The van der Waals surface area contributed by atoms with E-state index in [0.717, 1.165) is 4.90 Å². The second kappa shape index (κ2) is 10.3. The summed E-state index contributed by atoms with van der Waals surface area (Å²) in [5.41, 5.74) is 1.16. The highest BCUT2D eigenvalue weighted by Crippen LogP contribution is 2.28. The fraction of sp³-hybridized carbons (Fsp3) is 0.227. The Balaban J connectivity index is 1.51. The largest absolute Gasteiger partial charge is 0.481 e. The molecule has 3 N–H and O–H groups in total. The van der Waals surface area contributed by atoms with Crippen molar-refractivity contribution in [2.75, 3.05) is 16.4 Å². The first-order valence-corrected chi connectivity index (χ1v) is 10.8. The molecule has 0 spiro atoms. The molecule has 0 aliphatic heterocycles. The lowest BCUT2D eigenvalue weighted by atomic mass is 9.82. The number of allylic oxidation sites excluding steroid dienone is 2. The molecule has 2 aromatic carbocycles. The molecular formula is C22H21ClN2O4S. The lowest BCUT2D eigenvalue weighted by Crippen LogP contribution is -2.34. The minimum Gasteiger partial charge on any atom is -0.481 e. The SMILES string of the molecule is O=C(CSc1ccc(NC(=O)C2CC=CCC2C(=O)O)cc1)Nc1ccccc1Cl. The van der Waals surface area contributed by atoms with Gasteiger partial charge in [0.05, 0.1) is 28.3 Å². The summed E-state index contributed by atoms with van der Waals surface area (Å²) in [5, 5.41) is 15.4. The summed E-state index contributed by atoms with van der Waals surface area (Å²) in [5.74, 6) is -2.51. The van der Waals surface area contributed by atoms with E-state index in [1.165, 1.54) is 11.8 Å². The van der Waals surface area contributed by atoms with Crippen LogP contribution in [-0.4, -0.2) is 28.6 Å². The van der Waals surface area contributed by atoms with E-state index in [4.69, 9.17) is 11.6 Å². The van der Waals surface area contributed by atoms with Crippen molar-refractivity contribution in [1.82, 2.24) is 0 Å². The molecule has 0 heterocycles. The minimum absolute atomic E-state index is 0.171. The summed E-state index contributed by atoms with van der Waals surface area (Å²) in [6, 6.07) is 14.1. The topological polar surface area (TPSA) is 95.5 Å². The van der Waals surface area contributed by atoms with Crippen molar-refractivity contribution < 1.29 is 19.5 Å². The van der Waals surface area contributed by atoms with E-state index in [2.05, 4.69) is 10.6 Å². The summed E-state index contributed by atoms with van der Waals surface area (Å²) in [6.45, 7) is 0. The molecule has 0 fully saturated rings. The van der Waals surface area contributed by atoms with Crippen LogP contribution in [0.4, 0.5) is 11.4 Å². The molecule has 3 rings (SSSR count). The summed E-state index contributed by atoms with van der Waals surface area (Å²) in [7, 11) is 0. The molecule has 0 bridgehead atoms. The number of anilines is 2. The molecule has 2 amide bonds. The van der Waals surface area contributed by atoms with Crippen LogP contribution in [0.1, 0.15) is 12.8 Å². The molecular weight excluding hydrogens is 424 g/mol. The van der Waals surface area contributed by atoms with Crippen molar-refractivity contribution in [2.45, 2.75) is 17.7 Å². The van der Waals surface area contributed by atoms with Gasteiger partial charge >= 0.3 is 5.97 Å². The van der Waals surface area contributed by atoms with Crippen molar-refractivity contribution in [3.05, 3.63) is 65.7 Å². The molecule has 8 heteroatoms. The Morgan fingerprint density at radius 1 is 0.967 bits per heavy atom. The number of rotatable bonds is 7. The Morgan fingerprint density at radius 3 is 2.30 bits per heavy atom. The summed E-state index contributed by atoms with van der Waals surface area (Å²) in [6.07, 6.45) is 4.42. The van der Waals surface area contributed by atoms with Crippen molar-refractivity contribution in [2.24, 2.45) is 11.8 Å². The van der Waals surface area contributed by atoms with Crippen LogP contribution < -0.4 is 10.6 Å². The number of aliphatic carboxylic acids is 1. The zero-order valence-electron chi connectivity index (χ0n) is 16.0. The first-order valence-electron chi connectivity index (χ1n) is 9.40. The quantitative estimate of drug-likeness (QED) is 0.426. The molecule has 0 radical (unpaired) electrons. The number of carbonyl (C=O) groups excluding carboxylic acids is 2. The maximum Gasteiger partial charge on any atom is 0.307 e. The number of amides is 2. The second-order valence-electron chi connectivity index (χ2n) is 6.82. The molecule has 0 aromatic heterocycles. The van der Waals surface area contributed by atoms with Crippen LogP contribution in [0.3, 0.4) is 0 Å². The number of hydrogen-bond donors (Lipinski definition) is 3. The maximum absolute atomic E-state index is 12.5. The van der Waals surface area contributed by atoms with Gasteiger partial charge in [-0.1, -0.05) is 35.9 Å². The van der Waals surface area contributed by atoms with E-state index in [9.17, 15) is 19.5 Å². The van der Waals surface area contributed by atoms with Gasteiger partial charge in [-0.15, -0.1) is 11.8 Å². The van der Waals surface area contributed by atoms with Crippen LogP contribution in [-0.2, 0) is 14.4 Å². The van der Waals surface area contributed by atoms with Crippen molar-refractivity contribution in [3.8, 4) is 0 Å². The highest BCUT2D eigenvalue weighted by Gasteiger charge is 2.33. The third kappa shape index (κ3) is 5.87. The monoisotopic (exact) mass is 444 g/mol. The number of nitrogens with one attached hydrogen (secondary N) is 2. The number of halogens is 1. The van der Waals surface area contributed by atoms with Crippen molar-refractivity contribution >= 4 is 52.5 Å². The zero-order valence-corrected chi connectivity index (χ0v) is 17.6. The number of thioether (sulfide) groups is 1. The fourth-order valence-electron chi connectivity index (χ4n) is 3.14. The zero-order chi connectivity index (χ0) is 21.5. The van der Waals surface area contributed by atoms with E-state index in [0.29, 0.717) is 29.2 Å². The Labute approximate surface area is 183 Å². The average molecular weight is 445 g/mol. The average Bonchev–Trinajstić information content (AvgIpc) is 2.75. The van der Waals surface area contributed by atoms with Crippen LogP contribution in [0, 0.1) is 11.8 Å². The molecule has 2 aromatic rings. The molecule has 156 valence electrons. The first kappa shape index (κ1) is 21.9. The van der Waals surface area contributed by atoms with Crippen LogP contribution in [0.15, 0.2) is 65.6 Å². The second-order valence-corrected chi connectivity index (χ2v) is 8.28. The van der Waals surface area contributed by atoms with Gasteiger partial charge in [-0.2, -0.15) is 0 Å². The Bertz CT molecular complexity index is 962. The van der Waals surface area contributed by atoms with Gasteiger partial charge in [-0.05, 0) is 49.2 Å². The van der Waals surface area contributed by atoms with Crippen LogP contribution in [0.2, 0.25) is 5.02 Å². The van der Waals surface area contributed by atoms with E-state index < -0.39 is 17.8 Å². The molecule has 6 nitrogen and oxygen atoms in total. The maximum atomic E-state index is 12.5. The van der Waals surface area contributed by atoms with Gasteiger partial charge < -0.3 is 15.7 Å². The summed E-state index contributed by atoms with van der Waals surface area (Å²) in [4.78, 5) is 36.9. The van der Waals surface area contributed by atoms with Gasteiger partial charge in [0.1, 0.15) is 0 Å². The number of benzene rings is 2. The normalized spacial score (nSPS) is 17.9. The Hall–Kier alpha value is -2.77. The van der Waals surface area contributed by atoms with Gasteiger partial charge in [0, 0.05) is 10.6 Å². The molecule has 0 saturated carbocycles. The van der Waals surface area contributed by atoms with E-state index in [1.807, 2.05) is 6.08 Å². The fourth-order valence-corrected chi connectivity index (χ4v) is 4.03. The van der Waals surface area contributed by atoms with Gasteiger partial charge in [-0.3, -0.25) is 14.4 Å². The minimum atomic E-state index is -0.957. The number of carboxylic acids is 1. The Morgan fingerprint density at radius 2 is 1.63 bits per heavy atom. The number of carbonyl (C=O) groups is 3. The van der Waals surface area contributed by atoms with E-state index >= 15 is 0 Å². The van der Waals surface area contributed by atoms with Crippen LogP contribution in [0.5, 0.6) is 0 Å². The lowest BCUT2D eigenvalue weighted by molar-refractivity contribution is -0.146. The summed E-state index contributed by atoms with van der Waals surface area (Å²) < 4.78 is 0. The Kier molecular flexibility index (Phi) is 7.54. The number of para-hydroxylation sites is 1. The van der Waals surface area contributed by atoms with Gasteiger partial charge in [0.25, 0.3) is 0 Å². The highest BCUT2D eigenvalue weighted by atomic mass is 35.5. The lowest BCUT2D eigenvalue weighted by Gasteiger charge is -2.24. The number of carboxylic acid groups (broad SMARTS) is 1. The molecule has 2 atom stereocenters. The highest BCUT2D eigenvalue weighted by molar-refractivity contribution is 8.00. The van der Waals surface area contributed by atoms with E-state index in [-0.39, 0.29) is 17.6 Å². The van der Waals surface area contributed by atoms with Crippen LogP contribution >= 0.6 is 23.4 Å². The standard InChI is InChI=1S/C22H21ClN2O4S/c23-18-7-3-4-8-19(18)25-20(26)13-30-15-11-9-14(10-12-15)24-21(27)16-5-1-2-6-17(16)22(28)29/h1-4,7-12,16-17H,5-6,13H2,(H,24,27)(H,25,26)(H,28,29). The van der Waals surface area contributed by atoms with Crippen LogP contribution in [0.25, 0.3) is 0 Å². The smallest absolute Gasteiger partial charge is 0.307 e. The predicted octanol–water partition coefficient (Wildman–Crippen LogP) is 4.68. The molecule has 1 aliphatic carbocycles. The van der Waals surface area contributed by atoms with E-state index in [1.54, 1.807) is 54.6 Å². The molecule has 30 heavy (non-hydrogen) atoms. The van der Waals surface area contributed by atoms with Gasteiger partial charge in [0.15, 0.2) is 0 Å². The number of hydrogen-bond acceptors (Lipinski definition) is 4. The molecule has 1 aliphatic rings.